The fourth-order valence-corrected chi connectivity index (χ4v) is 1.47. The van der Waals surface area contributed by atoms with E-state index < -0.39 is 41.2 Å². The maximum absolute atomic E-state index is 12.8. The van der Waals surface area contributed by atoms with Crippen molar-refractivity contribution in [3.63, 3.8) is 0 Å². The summed E-state index contributed by atoms with van der Waals surface area (Å²) in [7, 11) is 0. The van der Waals surface area contributed by atoms with Crippen LogP contribution < -0.4 is 4.74 Å². The molecule has 114 valence electrons. The number of alkyl halides is 5. The standard InChI is InChI=1S/C12H8F5NO3/c1-2-20-10(19)7-4-8(12(15,16)17)6(5-18)3-9(7)21-11(13)14/h3-4,11H,2H2,1H3. The van der Waals surface area contributed by atoms with Gasteiger partial charge in [-0.25, -0.2) is 4.79 Å². The van der Waals surface area contributed by atoms with Crippen LogP contribution in [0.25, 0.3) is 0 Å². The summed E-state index contributed by atoms with van der Waals surface area (Å²) in [5, 5.41) is 8.66. The first-order valence-electron chi connectivity index (χ1n) is 5.48. The van der Waals surface area contributed by atoms with Gasteiger partial charge in [-0.15, -0.1) is 0 Å². The van der Waals surface area contributed by atoms with E-state index in [4.69, 9.17) is 5.26 Å². The van der Waals surface area contributed by atoms with E-state index in [2.05, 4.69) is 9.47 Å². The van der Waals surface area contributed by atoms with E-state index in [1.54, 1.807) is 0 Å². The molecule has 0 unspecified atom stereocenters. The minimum atomic E-state index is -4.93. The molecule has 0 atom stereocenters. The van der Waals surface area contributed by atoms with Gasteiger partial charge in [0.25, 0.3) is 0 Å². The van der Waals surface area contributed by atoms with E-state index in [1.807, 2.05) is 0 Å². The lowest BCUT2D eigenvalue weighted by Crippen LogP contribution is -2.15. The molecule has 21 heavy (non-hydrogen) atoms. The highest BCUT2D eigenvalue weighted by Crippen LogP contribution is 2.36. The van der Waals surface area contributed by atoms with Crippen molar-refractivity contribution in [2.75, 3.05) is 6.61 Å². The fourth-order valence-electron chi connectivity index (χ4n) is 1.47. The van der Waals surface area contributed by atoms with Crippen LogP contribution in [0, 0.1) is 11.3 Å². The predicted octanol–water partition coefficient (Wildman–Crippen LogP) is 3.36. The third-order valence-electron chi connectivity index (χ3n) is 2.26. The molecule has 0 saturated heterocycles. The van der Waals surface area contributed by atoms with Crippen LogP contribution in [0.3, 0.4) is 0 Å². The van der Waals surface area contributed by atoms with E-state index in [0.717, 1.165) is 0 Å². The van der Waals surface area contributed by atoms with Gasteiger partial charge in [0.2, 0.25) is 0 Å². The first-order chi connectivity index (χ1) is 9.70. The quantitative estimate of drug-likeness (QED) is 0.632. The molecule has 0 aromatic heterocycles. The molecule has 4 nitrogen and oxygen atoms in total. The number of carbonyl (C=O) groups is 1. The number of nitrogens with zero attached hydrogens (tertiary/aromatic N) is 1. The second kappa shape index (κ2) is 6.39. The summed E-state index contributed by atoms with van der Waals surface area (Å²) in [5.74, 6) is -2.11. The number of carbonyl (C=O) groups excluding carboxylic acids is 1. The molecule has 0 spiro atoms. The van der Waals surface area contributed by atoms with Crippen LogP contribution in [0.4, 0.5) is 22.0 Å². The molecule has 0 aliphatic rings. The number of ether oxygens (including phenoxy) is 2. The lowest BCUT2D eigenvalue weighted by Gasteiger charge is -2.14. The van der Waals surface area contributed by atoms with Crippen LogP contribution in [0.1, 0.15) is 28.4 Å². The normalized spacial score (nSPS) is 11.1. The Morgan fingerprint density at radius 2 is 2.00 bits per heavy atom. The van der Waals surface area contributed by atoms with E-state index in [1.165, 1.54) is 13.0 Å². The third kappa shape index (κ3) is 4.05. The van der Waals surface area contributed by atoms with Gasteiger partial charge in [0.15, 0.2) is 0 Å². The molecule has 0 N–H and O–H groups in total. The molecular formula is C12H8F5NO3. The highest BCUT2D eigenvalue weighted by atomic mass is 19.4. The highest BCUT2D eigenvalue weighted by Gasteiger charge is 2.36. The number of halogens is 5. The molecule has 0 amide bonds. The molecule has 0 bridgehead atoms. The highest BCUT2D eigenvalue weighted by molar-refractivity contribution is 5.93. The zero-order chi connectivity index (χ0) is 16.2. The SMILES string of the molecule is CCOC(=O)c1cc(C(F)(F)F)c(C#N)cc1OC(F)F. The van der Waals surface area contributed by atoms with Crippen molar-refractivity contribution in [2.45, 2.75) is 19.7 Å². The van der Waals surface area contributed by atoms with Crippen molar-refractivity contribution in [3.05, 3.63) is 28.8 Å². The number of rotatable bonds is 4. The smallest absolute Gasteiger partial charge is 0.417 e. The summed E-state index contributed by atoms with van der Waals surface area (Å²) in [4.78, 5) is 11.5. The van der Waals surface area contributed by atoms with Gasteiger partial charge < -0.3 is 9.47 Å². The van der Waals surface area contributed by atoms with Crippen LogP contribution in [-0.4, -0.2) is 19.2 Å². The van der Waals surface area contributed by atoms with Crippen molar-refractivity contribution >= 4 is 5.97 Å². The van der Waals surface area contributed by atoms with Crippen LogP contribution in [-0.2, 0) is 10.9 Å². The Balaban J connectivity index is 3.50. The maximum Gasteiger partial charge on any atom is 0.417 e. The molecular weight excluding hydrogens is 301 g/mol. The number of benzene rings is 1. The van der Waals surface area contributed by atoms with Crippen LogP contribution in [0.2, 0.25) is 0 Å². The lowest BCUT2D eigenvalue weighted by molar-refractivity contribution is -0.137. The van der Waals surface area contributed by atoms with E-state index >= 15 is 0 Å². The number of nitriles is 1. The Kier molecular flexibility index (Phi) is 5.07. The topological polar surface area (TPSA) is 59.3 Å². The zero-order valence-corrected chi connectivity index (χ0v) is 10.5. The Labute approximate surface area is 115 Å². The average Bonchev–Trinajstić information content (AvgIpc) is 2.36. The first-order valence-corrected chi connectivity index (χ1v) is 5.48. The summed E-state index contributed by atoms with van der Waals surface area (Å²) < 4.78 is 71.2. The minimum absolute atomic E-state index is 0.172. The molecule has 0 saturated carbocycles. The lowest BCUT2D eigenvalue weighted by atomic mass is 10.0. The van der Waals surface area contributed by atoms with Crippen molar-refractivity contribution in [2.24, 2.45) is 0 Å². The van der Waals surface area contributed by atoms with Gasteiger partial charge in [-0.1, -0.05) is 0 Å². The van der Waals surface area contributed by atoms with Gasteiger partial charge in [0.05, 0.1) is 23.8 Å². The first kappa shape index (κ1) is 16.7. The Bertz CT molecular complexity index is 577. The molecule has 1 aromatic carbocycles. The predicted molar refractivity (Wildman–Crippen MR) is 58.7 cm³/mol. The Hall–Kier alpha value is -2.37. The number of hydrogen-bond acceptors (Lipinski definition) is 4. The Morgan fingerprint density at radius 1 is 1.38 bits per heavy atom. The number of esters is 1. The molecule has 0 fully saturated rings. The molecule has 0 radical (unpaired) electrons. The van der Waals surface area contributed by atoms with E-state index in [0.29, 0.717) is 6.07 Å². The van der Waals surface area contributed by atoms with Gasteiger partial charge in [0, 0.05) is 0 Å². The van der Waals surface area contributed by atoms with Gasteiger partial charge in [-0.2, -0.15) is 27.2 Å². The molecule has 9 heteroatoms. The summed E-state index contributed by atoms with van der Waals surface area (Å²) >= 11 is 0. The van der Waals surface area contributed by atoms with Crippen molar-refractivity contribution in [1.29, 1.82) is 5.26 Å². The van der Waals surface area contributed by atoms with Crippen LogP contribution >= 0.6 is 0 Å². The fraction of sp³-hybridized carbons (Fsp3) is 0.333. The van der Waals surface area contributed by atoms with Crippen molar-refractivity contribution in [3.8, 4) is 11.8 Å². The third-order valence-corrected chi connectivity index (χ3v) is 2.26. The molecule has 0 heterocycles. The molecule has 1 rings (SSSR count). The second-order valence-corrected chi connectivity index (χ2v) is 3.60. The molecule has 1 aromatic rings. The van der Waals surface area contributed by atoms with Crippen LogP contribution in [0.15, 0.2) is 12.1 Å². The zero-order valence-electron chi connectivity index (χ0n) is 10.5. The summed E-state index contributed by atoms with van der Waals surface area (Å²) in [6, 6.07) is 1.91. The Morgan fingerprint density at radius 3 is 2.43 bits per heavy atom. The monoisotopic (exact) mass is 309 g/mol. The minimum Gasteiger partial charge on any atom is -0.462 e. The van der Waals surface area contributed by atoms with Crippen molar-refractivity contribution in [1.82, 2.24) is 0 Å². The largest absolute Gasteiger partial charge is 0.462 e. The summed E-state index contributed by atoms with van der Waals surface area (Å²) in [6.45, 7) is -2.16. The van der Waals surface area contributed by atoms with Gasteiger partial charge in [0.1, 0.15) is 11.3 Å². The van der Waals surface area contributed by atoms with Gasteiger partial charge in [-0.05, 0) is 19.1 Å². The van der Waals surface area contributed by atoms with Gasteiger partial charge >= 0.3 is 18.8 Å². The average molecular weight is 309 g/mol. The maximum atomic E-state index is 12.8. The van der Waals surface area contributed by atoms with Gasteiger partial charge in [-0.3, -0.25) is 0 Å². The van der Waals surface area contributed by atoms with E-state index in [-0.39, 0.29) is 12.7 Å². The second-order valence-electron chi connectivity index (χ2n) is 3.60. The summed E-state index contributed by atoms with van der Waals surface area (Å²) in [6.07, 6.45) is -4.93. The summed E-state index contributed by atoms with van der Waals surface area (Å²) in [5.41, 5.74) is -3.20. The number of hydrogen-bond donors (Lipinski definition) is 0. The molecule has 0 aliphatic heterocycles. The van der Waals surface area contributed by atoms with E-state index in [9.17, 15) is 26.7 Å². The van der Waals surface area contributed by atoms with Crippen LogP contribution in [0.5, 0.6) is 5.75 Å². The molecule has 0 aliphatic carbocycles. The van der Waals surface area contributed by atoms with Crippen molar-refractivity contribution < 1.29 is 36.2 Å².